The summed E-state index contributed by atoms with van der Waals surface area (Å²) in [4.78, 5) is 15.8. The topological polar surface area (TPSA) is 64.0 Å². The largest absolute Gasteiger partial charge is 0.361 e. The van der Waals surface area contributed by atoms with Crippen LogP contribution in [-0.4, -0.2) is 43.3 Å². The normalized spacial score (nSPS) is 19.9. The number of aromatic nitrogens is 1. The van der Waals surface area contributed by atoms with Crippen LogP contribution >= 0.6 is 0 Å². The molecule has 2 aromatic carbocycles. The molecule has 0 unspecified atom stereocenters. The molecule has 1 atom stereocenters. The second-order valence-electron chi connectivity index (χ2n) is 8.14. The van der Waals surface area contributed by atoms with Crippen molar-refractivity contribution in [1.82, 2.24) is 5.16 Å². The molecule has 3 aromatic rings. The Labute approximate surface area is 177 Å². The van der Waals surface area contributed by atoms with Crippen LogP contribution in [0.15, 0.2) is 65.2 Å². The van der Waals surface area contributed by atoms with Crippen LogP contribution in [0.5, 0.6) is 0 Å². The fourth-order valence-electron chi connectivity index (χ4n) is 4.18. The number of quaternary nitrogens is 2. The van der Waals surface area contributed by atoms with Crippen LogP contribution < -0.4 is 15.1 Å². The summed E-state index contributed by atoms with van der Waals surface area (Å²) in [5, 5.41) is 7.28. The molecule has 1 aliphatic heterocycles. The summed E-state index contributed by atoms with van der Waals surface area (Å²) in [6.07, 6.45) is 0. The summed E-state index contributed by atoms with van der Waals surface area (Å²) in [6.45, 7) is 8.84. The highest BCUT2D eigenvalue weighted by Gasteiger charge is 2.31. The van der Waals surface area contributed by atoms with Crippen LogP contribution in [0.3, 0.4) is 0 Å². The van der Waals surface area contributed by atoms with Crippen molar-refractivity contribution >= 4 is 11.6 Å². The Balaban J connectivity index is 1.35. The van der Waals surface area contributed by atoms with Crippen LogP contribution in [0.4, 0.5) is 5.69 Å². The van der Waals surface area contributed by atoms with Crippen LogP contribution in [0, 0.1) is 6.92 Å². The zero-order valence-electron chi connectivity index (χ0n) is 17.7. The van der Waals surface area contributed by atoms with E-state index >= 15 is 0 Å². The van der Waals surface area contributed by atoms with Gasteiger partial charge in [0.15, 0.2) is 6.04 Å². The second-order valence-corrected chi connectivity index (χ2v) is 8.14. The van der Waals surface area contributed by atoms with Gasteiger partial charge >= 0.3 is 0 Å². The van der Waals surface area contributed by atoms with Crippen molar-refractivity contribution in [1.29, 1.82) is 0 Å². The predicted molar refractivity (Wildman–Crippen MR) is 116 cm³/mol. The number of hydrogen-bond acceptors (Lipinski definition) is 3. The number of para-hydroxylation sites is 1. The number of aryl methyl sites for hydroxylation is 1. The molecule has 1 amide bonds. The molecule has 6 nitrogen and oxygen atoms in total. The van der Waals surface area contributed by atoms with E-state index in [2.05, 4.69) is 28.7 Å². The van der Waals surface area contributed by atoms with Crippen LogP contribution in [0.1, 0.15) is 18.4 Å². The van der Waals surface area contributed by atoms with Gasteiger partial charge in [-0.3, -0.25) is 4.79 Å². The first-order chi connectivity index (χ1) is 14.6. The van der Waals surface area contributed by atoms with Gasteiger partial charge in [0.25, 0.3) is 5.91 Å². The lowest BCUT2D eigenvalue weighted by atomic mass is 10.0. The third-order valence-corrected chi connectivity index (χ3v) is 5.98. The molecule has 0 saturated carbocycles. The Hall–Kier alpha value is -2.96. The van der Waals surface area contributed by atoms with E-state index in [9.17, 15) is 4.79 Å². The number of hydrogen-bond donors (Lipinski definition) is 3. The van der Waals surface area contributed by atoms with Crippen molar-refractivity contribution in [2.75, 3.05) is 31.5 Å². The molecule has 0 radical (unpaired) electrons. The first-order valence-electron chi connectivity index (χ1n) is 10.7. The molecule has 0 aliphatic carbocycles. The van der Waals surface area contributed by atoms with Gasteiger partial charge in [-0.15, -0.1) is 0 Å². The van der Waals surface area contributed by atoms with E-state index in [4.69, 9.17) is 4.52 Å². The number of anilines is 1. The van der Waals surface area contributed by atoms with Crippen molar-refractivity contribution in [3.8, 4) is 11.1 Å². The van der Waals surface area contributed by atoms with E-state index in [0.29, 0.717) is 0 Å². The summed E-state index contributed by atoms with van der Waals surface area (Å²) in [5.74, 6) is 0.929. The van der Waals surface area contributed by atoms with Gasteiger partial charge in [-0.05, 0) is 25.5 Å². The molecule has 1 fully saturated rings. The third kappa shape index (κ3) is 4.78. The second kappa shape index (κ2) is 9.24. The number of carbonyl (C=O) groups excluding carboxylic acids is 1. The molecular formula is C24H30N4O2+2. The zero-order valence-corrected chi connectivity index (χ0v) is 17.7. The molecule has 3 N–H and O–H groups in total. The molecular weight excluding hydrogens is 376 g/mol. The van der Waals surface area contributed by atoms with Crippen LogP contribution in [0.2, 0.25) is 0 Å². The average molecular weight is 407 g/mol. The molecule has 4 rings (SSSR count). The van der Waals surface area contributed by atoms with Crippen molar-refractivity contribution in [3.63, 3.8) is 0 Å². The minimum absolute atomic E-state index is 0.0731. The van der Waals surface area contributed by atoms with Crippen LogP contribution in [0.25, 0.3) is 11.1 Å². The molecule has 0 spiro atoms. The Bertz CT molecular complexity index is 978. The number of carbonyl (C=O) groups is 1. The molecule has 1 aliphatic rings. The van der Waals surface area contributed by atoms with E-state index in [-0.39, 0.29) is 11.9 Å². The van der Waals surface area contributed by atoms with E-state index in [1.165, 1.54) is 9.80 Å². The van der Waals surface area contributed by atoms with Crippen molar-refractivity contribution in [3.05, 3.63) is 72.1 Å². The van der Waals surface area contributed by atoms with Gasteiger partial charge < -0.3 is 19.6 Å². The first-order valence-corrected chi connectivity index (χ1v) is 10.7. The van der Waals surface area contributed by atoms with E-state index in [1.54, 1.807) is 0 Å². The maximum Gasteiger partial charge on any atom is 0.282 e. The fraction of sp³-hybridized carbons (Fsp3) is 0.333. The molecule has 30 heavy (non-hydrogen) atoms. The number of nitrogens with zero attached hydrogens (tertiary/aromatic N) is 1. The number of piperazine rings is 1. The van der Waals surface area contributed by atoms with Crippen molar-refractivity contribution < 1.29 is 19.1 Å². The summed E-state index contributed by atoms with van der Waals surface area (Å²) in [5.41, 5.74) is 4.03. The van der Waals surface area contributed by atoms with Crippen molar-refractivity contribution in [2.24, 2.45) is 0 Å². The van der Waals surface area contributed by atoms with Gasteiger partial charge in [-0.1, -0.05) is 53.7 Å². The fourth-order valence-corrected chi connectivity index (χ4v) is 4.18. The highest BCUT2D eigenvalue weighted by Crippen LogP contribution is 2.27. The Morgan fingerprint density at radius 1 is 1.07 bits per heavy atom. The summed E-state index contributed by atoms with van der Waals surface area (Å²) >= 11 is 0. The van der Waals surface area contributed by atoms with E-state index < -0.39 is 0 Å². The Morgan fingerprint density at radius 2 is 1.77 bits per heavy atom. The molecule has 0 bridgehead atoms. The van der Waals surface area contributed by atoms with Gasteiger partial charge in [-0.25, -0.2) is 0 Å². The minimum atomic E-state index is -0.0929. The smallest absolute Gasteiger partial charge is 0.282 e. The standard InChI is InChI=1S/C24H28N4O2/c1-18-16-21(26-30-18)17-27-12-14-28(15-13-27)19(2)24(29)25-23-11-7-6-10-22(23)20-8-4-3-5-9-20/h3-11,16,19H,12-15,17H2,1-2H3,(H,25,29)/p+2/t19-/m1/s1. The Kier molecular flexibility index (Phi) is 6.26. The minimum Gasteiger partial charge on any atom is -0.361 e. The maximum absolute atomic E-state index is 13.0. The predicted octanol–water partition coefficient (Wildman–Crippen LogP) is 0.961. The zero-order chi connectivity index (χ0) is 20.9. The van der Waals surface area contributed by atoms with Crippen LogP contribution in [-0.2, 0) is 11.3 Å². The number of amides is 1. The van der Waals surface area contributed by atoms with E-state index in [0.717, 1.165) is 61.0 Å². The molecule has 2 heterocycles. The summed E-state index contributed by atoms with van der Waals surface area (Å²) in [6, 6.07) is 20.1. The molecule has 1 aromatic heterocycles. The molecule has 1 saturated heterocycles. The third-order valence-electron chi connectivity index (χ3n) is 5.98. The summed E-state index contributed by atoms with van der Waals surface area (Å²) in [7, 11) is 0. The lowest BCUT2D eigenvalue weighted by Gasteiger charge is -2.32. The van der Waals surface area contributed by atoms with Gasteiger partial charge in [0, 0.05) is 17.3 Å². The highest BCUT2D eigenvalue weighted by atomic mass is 16.5. The van der Waals surface area contributed by atoms with Gasteiger partial charge in [0.2, 0.25) is 0 Å². The lowest BCUT2D eigenvalue weighted by Crippen LogP contribution is -3.29. The molecule has 6 heteroatoms. The monoisotopic (exact) mass is 406 g/mol. The number of benzene rings is 2. The SMILES string of the molecule is Cc1cc(C[NH+]2CC[NH+]([C@H](C)C(=O)Nc3ccccc3-c3ccccc3)CC2)no1. The first kappa shape index (κ1) is 20.3. The van der Waals surface area contributed by atoms with Gasteiger partial charge in [-0.2, -0.15) is 0 Å². The number of nitrogens with one attached hydrogen (secondary N) is 3. The summed E-state index contributed by atoms with van der Waals surface area (Å²) < 4.78 is 5.17. The lowest BCUT2D eigenvalue weighted by molar-refractivity contribution is -1.02. The number of rotatable bonds is 6. The van der Waals surface area contributed by atoms with E-state index in [1.807, 2.05) is 56.3 Å². The van der Waals surface area contributed by atoms with Gasteiger partial charge in [0.1, 0.15) is 44.2 Å². The quantitative estimate of drug-likeness (QED) is 0.571. The highest BCUT2D eigenvalue weighted by molar-refractivity contribution is 5.97. The maximum atomic E-state index is 13.0. The van der Waals surface area contributed by atoms with Crippen molar-refractivity contribution in [2.45, 2.75) is 26.4 Å². The average Bonchev–Trinajstić information content (AvgIpc) is 3.19. The molecule has 156 valence electrons. The Morgan fingerprint density at radius 3 is 2.47 bits per heavy atom. The van der Waals surface area contributed by atoms with Gasteiger partial charge in [0.05, 0.1) is 0 Å².